The van der Waals surface area contributed by atoms with Crippen molar-refractivity contribution in [3.8, 4) is 0 Å². The number of fused-ring (bicyclic) bond motifs is 1. The minimum Gasteiger partial charge on any atom is -0.356 e. The van der Waals surface area contributed by atoms with E-state index in [1.807, 2.05) is 19.3 Å². The molecule has 6 nitrogen and oxygen atoms in total. The van der Waals surface area contributed by atoms with Gasteiger partial charge in [0.25, 0.3) is 0 Å². The van der Waals surface area contributed by atoms with Crippen LogP contribution in [0.15, 0.2) is 18.6 Å². The number of nitrogens with zero attached hydrogens (tertiary/aromatic N) is 3. The zero-order valence-corrected chi connectivity index (χ0v) is 13.9. The zero-order chi connectivity index (χ0) is 15.7. The number of rotatable bonds is 4. The van der Waals surface area contributed by atoms with Crippen LogP contribution in [0.25, 0.3) is 11.0 Å². The van der Waals surface area contributed by atoms with E-state index in [4.69, 9.17) is 10.7 Å². The van der Waals surface area contributed by atoms with Gasteiger partial charge in [-0.15, -0.1) is 0 Å². The number of hydrogen-bond donors (Lipinski definition) is 1. The summed E-state index contributed by atoms with van der Waals surface area (Å²) in [5.74, 6) is 1.17. The van der Waals surface area contributed by atoms with E-state index < -0.39 is 9.05 Å². The summed E-state index contributed by atoms with van der Waals surface area (Å²) in [6.07, 6.45) is 7.08. The highest BCUT2D eigenvalue weighted by Crippen LogP contribution is 2.32. The van der Waals surface area contributed by atoms with Gasteiger partial charge in [0.2, 0.25) is 9.05 Å². The van der Waals surface area contributed by atoms with Gasteiger partial charge < -0.3 is 9.88 Å². The Labute approximate surface area is 134 Å². The van der Waals surface area contributed by atoms with E-state index in [0.29, 0.717) is 6.04 Å². The van der Waals surface area contributed by atoms with Crippen molar-refractivity contribution in [1.82, 2.24) is 15.0 Å². The van der Waals surface area contributed by atoms with Crippen LogP contribution < -0.4 is 4.90 Å². The Kier molecular flexibility index (Phi) is 4.27. The van der Waals surface area contributed by atoms with Crippen molar-refractivity contribution >= 4 is 36.6 Å². The number of aromatic nitrogens is 3. The summed E-state index contributed by atoms with van der Waals surface area (Å²) in [6.45, 7) is 0. The minimum absolute atomic E-state index is 0.0839. The van der Waals surface area contributed by atoms with E-state index in [2.05, 4.69) is 19.9 Å². The number of aromatic amines is 1. The Bertz CT molecular complexity index is 753. The van der Waals surface area contributed by atoms with E-state index in [-0.39, 0.29) is 11.7 Å². The maximum absolute atomic E-state index is 11.2. The molecule has 1 fully saturated rings. The molecule has 2 aromatic rings. The lowest BCUT2D eigenvalue weighted by atomic mass is 9.86. The first-order chi connectivity index (χ1) is 10.4. The number of halogens is 1. The lowest BCUT2D eigenvalue weighted by Crippen LogP contribution is -2.36. The molecule has 0 bridgehead atoms. The SMILES string of the molecule is CN(c1ncnc2[nH]ccc12)C1CCC(CS(=O)(=O)Cl)CC1. The second-order valence-electron chi connectivity index (χ2n) is 5.93. The Morgan fingerprint density at radius 1 is 1.32 bits per heavy atom. The van der Waals surface area contributed by atoms with Gasteiger partial charge in [0, 0.05) is 30.0 Å². The maximum atomic E-state index is 11.2. The average molecular weight is 343 g/mol. The molecular weight excluding hydrogens is 324 g/mol. The molecule has 1 N–H and O–H groups in total. The first-order valence-corrected chi connectivity index (χ1v) is 9.85. The van der Waals surface area contributed by atoms with Crippen molar-refractivity contribution in [2.75, 3.05) is 17.7 Å². The molecule has 0 saturated heterocycles. The summed E-state index contributed by atoms with van der Waals surface area (Å²) in [5, 5.41) is 1.01. The van der Waals surface area contributed by atoms with Gasteiger partial charge in [-0.25, -0.2) is 18.4 Å². The first-order valence-electron chi connectivity index (χ1n) is 7.37. The van der Waals surface area contributed by atoms with Crippen LogP contribution in [0.1, 0.15) is 25.7 Å². The second kappa shape index (κ2) is 6.04. The largest absolute Gasteiger partial charge is 0.356 e. The van der Waals surface area contributed by atoms with Crippen molar-refractivity contribution in [3.63, 3.8) is 0 Å². The van der Waals surface area contributed by atoms with E-state index in [1.54, 1.807) is 6.33 Å². The summed E-state index contributed by atoms with van der Waals surface area (Å²) >= 11 is 0. The minimum atomic E-state index is -3.40. The second-order valence-corrected chi connectivity index (χ2v) is 8.75. The monoisotopic (exact) mass is 342 g/mol. The molecule has 0 aliphatic heterocycles. The van der Waals surface area contributed by atoms with E-state index in [0.717, 1.165) is 42.5 Å². The maximum Gasteiger partial charge on any atom is 0.232 e. The lowest BCUT2D eigenvalue weighted by molar-refractivity contribution is 0.341. The van der Waals surface area contributed by atoms with E-state index in [1.165, 1.54) is 0 Å². The molecule has 0 unspecified atom stereocenters. The molecule has 0 spiro atoms. The third-order valence-electron chi connectivity index (χ3n) is 4.47. The molecule has 8 heteroatoms. The van der Waals surface area contributed by atoms with Crippen molar-refractivity contribution in [2.24, 2.45) is 5.92 Å². The van der Waals surface area contributed by atoms with Gasteiger partial charge in [-0.3, -0.25) is 0 Å². The molecule has 22 heavy (non-hydrogen) atoms. The van der Waals surface area contributed by atoms with Crippen LogP contribution in [0.2, 0.25) is 0 Å². The third kappa shape index (κ3) is 3.35. The molecule has 1 aliphatic rings. The van der Waals surface area contributed by atoms with Gasteiger partial charge in [0.1, 0.15) is 17.8 Å². The smallest absolute Gasteiger partial charge is 0.232 e. The van der Waals surface area contributed by atoms with Gasteiger partial charge in [-0.1, -0.05) is 0 Å². The van der Waals surface area contributed by atoms with Crippen LogP contribution in [0.4, 0.5) is 5.82 Å². The Hall–Kier alpha value is -1.34. The van der Waals surface area contributed by atoms with Crippen LogP contribution >= 0.6 is 10.7 Å². The van der Waals surface area contributed by atoms with Crippen molar-refractivity contribution in [1.29, 1.82) is 0 Å². The fourth-order valence-electron chi connectivity index (χ4n) is 3.29. The van der Waals surface area contributed by atoms with Crippen LogP contribution in [0.3, 0.4) is 0 Å². The standard InChI is InChI=1S/C14H19ClN4O2S/c1-19(14-12-6-7-16-13(12)17-9-18-14)11-4-2-10(3-5-11)8-22(15,20)21/h6-7,9-11H,2-5,8H2,1H3,(H,16,17,18). The highest BCUT2D eigenvalue weighted by molar-refractivity contribution is 8.13. The van der Waals surface area contributed by atoms with Crippen LogP contribution in [0.5, 0.6) is 0 Å². The Morgan fingerprint density at radius 2 is 2.05 bits per heavy atom. The number of nitrogens with one attached hydrogen (secondary N) is 1. The van der Waals surface area contributed by atoms with E-state index in [9.17, 15) is 8.42 Å². The third-order valence-corrected chi connectivity index (χ3v) is 5.71. The summed E-state index contributed by atoms with van der Waals surface area (Å²) in [4.78, 5) is 13.9. The quantitative estimate of drug-likeness (QED) is 0.864. The van der Waals surface area contributed by atoms with Gasteiger partial charge >= 0.3 is 0 Å². The number of hydrogen-bond acceptors (Lipinski definition) is 5. The van der Waals surface area contributed by atoms with Crippen molar-refractivity contribution in [2.45, 2.75) is 31.7 Å². The molecule has 0 aromatic carbocycles. The highest BCUT2D eigenvalue weighted by Gasteiger charge is 2.28. The predicted molar refractivity (Wildman–Crippen MR) is 87.7 cm³/mol. The van der Waals surface area contributed by atoms with Crippen LogP contribution in [-0.2, 0) is 9.05 Å². The van der Waals surface area contributed by atoms with Crippen LogP contribution in [0, 0.1) is 5.92 Å². The molecule has 0 amide bonds. The predicted octanol–water partition coefficient (Wildman–Crippen LogP) is 2.52. The zero-order valence-electron chi connectivity index (χ0n) is 12.4. The van der Waals surface area contributed by atoms with Gasteiger partial charge in [-0.05, 0) is 37.7 Å². The number of anilines is 1. The Morgan fingerprint density at radius 3 is 2.73 bits per heavy atom. The summed E-state index contributed by atoms with van der Waals surface area (Å²) in [7, 11) is 3.99. The first kappa shape index (κ1) is 15.6. The molecule has 120 valence electrons. The molecular formula is C14H19ClN4O2S. The van der Waals surface area contributed by atoms with Crippen LogP contribution in [-0.4, -0.2) is 42.2 Å². The molecule has 1 saturated carbocycles. The van der Waals surface area contributed by atoms with E-state index >= 15 is 0 Å². The van der Waals surface area contributed by atoms with Gasteiger partial charge in [-0.2, -0.15) is 0 Å². The highest BCUT2D eigenvalue weighted by atomic mass is 35.7. The lowest BCUT2D eigenvalue weighted by Gasteiger charge is -2.35. The normalized spacial score (nSPS) is 22.8. The van der Waals surface area contributed by atoms with Gasteiger partial charge in [0.15, 0.2) is 0 Å². The fourth-order valence-corrected chi connectivity index (χ4v) is 4.72. The summed E-state index contributed by atoms with van der Waals surface area (Å²) in [5.41, 5.74) is 0.832. The Balaban J connectivity index is 1.70. The van der Waals surface area contributed by atoms with Crippen molar-refractivity contribution < 1.29 is 8.42 Å². The van der Waals surface area contributed by atoms with Crippen molar-refractivity contribution in [3.05, 3.63) is 18.6 Å². The van der Waals surface area contributed by atoms with Gasteiger partial charge in [0.05, 0.1) is 11.1 Å². The average Bonchev–Trinajstić information content (AvgIpc) is 2.94. The molecule has 2 heterocycles. The summed E-state index contributed by atoms with van der Waals surface area (Å²) in [6, 6.07) is 2.34. The molecule has 1 aliphatic carbocycles. The molecule has 0 atom stereocenters. The topological polar surface area (TPSA) is 79.0 Å². The molecule has 3 rings (SSSR count). The number of H-pyrrole nitrogens is 1. The molecule has 0 radical (unpaired) electrons. The molecule has 2 aromatic heterocycles. The summed E-state index contributed by atoms with van der Waals surface area (Å²) < 4.78 is 22.4. The fraction of sp³-hybridized carbons (Fsp3) is 0.571.